The van der Waals surface area contributed by atoms with E-state index < -0.39 is 11.7 Å². The van der Waals surface area contributed by atoms with E-state index >= 15 is 0 Å². The van der Waals surface area contributed by atoms with Crippen LogP contribution in [-0.2, 0) is 16.0 Å². The molecule has 1 aromatic heterocycles. The number of aromatic nitrogens is 1. The molecular weight excluding hydrogens is 328 g/mol. The minimum Gasteiger partial charge on any atom is -0.465 e. The van der Waals surface area contributed by atoms with Gasteiger partial charge < -0.3 is 14.8 Å². The summed E-state index contributed by atoms with van der Waals surface area (Å²) in [6, 6.07) is 7.02. The minimum atomic E-state index is -0.523. The average molecular weight is 348 g/mol. The lowest BCUT2D eigenvalue weighted by molar-refractivity contribution is 0.0523. The summed E-state index contributed by atoms with van der Waals surface area (Å²) < 4.78 is 9.86. The van der Waals surface area contributed by atoms with Gasteiger partial charge in [0.05, 0.1) is 19.2 Å². The first kappa shape index (κ1) is 17.9. The quantitative estimate of drug-likeness (QED) is 0.854. The Balaban J connectivity index is 1.98. The van der Waals surface area contributed by atoms with Crippen LogP contribution in [0, 0.1) is 0 Å². The number of hydrogen-bond donors (Lipinski definition) is 1. The van der Waals surface area contributed by atoms with Gasteiger partial charge >= 0.3 is 12.1 Å². The summed E-state index contributed by atoms with van der Waals surface area (Å²) in [6.45, 7) is 5.80. The molecule has 0 aliphatic carbocycles. The Bertz CT molecular complexity index is 717. The summed E-state index contributed by atoms with van der Waals surface area (Å²) in [5.74, 6) is -0.372. The number of thiazole rings is 1. The van der Waals surface area contributed by atoms with Crippen LogP contribution in [0.2, 0.25) is 0 Å². The van der Waals surface area contributed by atoms with Crippen molar-refractivity contribution in [3.8, 4) is 10.6 Å². The van der Waals surface area contributed by atoms with Crippen molar-refractivity contribution in [2.45, 2.75) is 32.9 Å². The van der Waals surface area contributed by atoms with E-state index in [1.54, 1.807) is 18.3 Å². The highest BCUT2D eigenvalue weighted by Gasteiger charge is 2.16. The van der Waals surface area contributed by atoms with Gasteiger partial charge in [-0.05, 0) is 32.9 Å². The molecule has 0 spiro atoms. The molecule has 0 saturated carbocycles. The molecule has 0 radical (unpaired) electrons. The Morgan fingerprint density at radius 1 is 1.21 bits per heavy atom. The molecule has 6 nitrogen and oxygen atoms in total. The van der Waals surface area contributed by atoms with E-state index in [1.165, 1.54) is 18.4 Å². The molecule has 1 aromatic carbocycles. The molecule has 0 aliphatic rings. The highest BCUT2D eigenvalue weighted by Crippen LogP contribution is 2.25. The third-order valence-electron chi connectivity index (χ3n) is 2.91. The van der Waals surface area contributed by atoms with E-state index in [9.17, 15) is 9.59 Å². The van der Waals surface area contributed by atoms with Crippen LogP contribution >= 0.6 is 11.3 Å². The summed E-state index contributed by atoms with van der Waals surface area (Å²) in [4.78, 5) is 28.3. The van der Waals surface area contributed by atoms with Crippen LogP contribution in [0.1, 0.15) is 36.0 Å². The predicted octanol–water partition coefficient (Wildman–Crippen LogP) is 3.62. The molecule has 0 saturated heterocycles. The van der Waals surface area contributed by atoms with E-state index in [0.29, 0.717) is 12.1 Å². The molecule has 7 heteroatoms. The van der Waals surface area contributed by atoms with E-state index in [-0.39, 0.29) is 5.97 Å². The Hall–Kier alpha value is -2.41. The van der Waals surface area contributed by atoms with Crippen LogP contribution in [0.25, 0.3) is 10.6 Å². The SMILES string of the molecule is COC(=O)c1ccc(-c2ncc(CNC(=O)OC(C)(C)C)s2)cc1. The number of hydrogen-bond acceptors (Lipinski definition) is 6. The van der Waals surface area contributed by atoms with Gasteiger partial charge in [0.2, 0.25) is 0 Å². The van der Waals surface area contributed by atoms with Gasteiger partial charge in [0.1, 0.15) is 10.6 Å². The van der Waals surface area contributed by atoms with Crippen LogP contribution in [0.5, 0.6) is 0 Å². The number of carbonyl (C=O) groups is 2. The van der Waals surface area contributed by atoms with Gasteiger partial charge in [-0.25, -0.2) is 14.6 Å². The number of ether oxygens (including phenoxy) is 2. The van der Waals surface area contributed by atoms with Crippen LogP contribution in [0.3, 0.4) is 0 Å². The van der Waals surface area contributed by atoms with Crippen LogP contribution in [-0.4, -0.2) is 29.8 Å². The van der Waals surface area contributed by atoms with Crippen LogP contribution in [0.15, 0.2) is 30.5 Å². The van der Waals surface area contributed by atoms with Gasteiger partial charge in [-0.1, -0.05) is 12.1 Å². The fourth-order valence-electron chi connectivity index (χ4n) is 1.86. The minimum absolute atomic E-state index is 0.354. The Labute approximate surface area is 144 Å². The van der Waals surface area contributed by atoms with E-state index in [1.807, 2.05) is 32.9 Å². The van der Waals surface area contributed by atoms with E-state index in [4.69, 9.17) is 4.74 Å². The number of nitrogens with one attached hydrogen (secondary N) is 1. The summed E-state index contributed by atoms with van der Waals surface area (Å²) in [5.41, 5.74) is 0.866. The predicted molar refractivity (Wildman–Crippen MR) is 92.0 cm³/mol. The first-order chi connectivity index (χ1) is 11.3. The van der Waals surface area contributed by atoms with Crippen molar-refractivity contribution in [3.05, 3.63) is 40.9 Å². The third-order valence-corrected chi connectivity index (χ3v) is 3.96. The monoisotopic (exact) mass is 348 g/mol. The first-order valence-corrected chi connectivity index (χ1v) is 8.20. The lowest BCUT2D eigenvalue weighted by Gasteiger charge is -2.19. The molecule has 0 atom stereocenters. The van der Waals surface area contributed by atoms with Crippen molar-refractivity contribution >= 4 is 23.4 Å². The molecule has 24 heavy (non-hydrogen) atoms. The Morgan fingerprint density at radius 3 is 2.46 bits per heavy atom. The van der Waals surface area contributed by atoms with Gasteiger partial charge in [0.25, 0.3) is 0 Å². The number of amides is 1. The van der Waals surface area contributed by atoms with E-state index in [0.717, 1.165) is 15.4 Å². The van der Waals surface area contributed by atoms with Crippen LogP contribution in [0.4, 0.5) is 4.79 Å². The van der Waals surface area contributed by atoms with Gasteiger partial charge in [0.15, 0.2) is 0 Å². The van der Waals surface area contributed by atoms with Gasteiger partial charge in [0, 0.05) is 16.6 Å². The number of benzene rings is 1. The lowest BCUT2D eigenvalue weighted by Crippen LogP contribution is -2.31. The van der Waals surface area contributed by atoms with Gasteiger partial charge in [-0.15, -0.1) is 11.3 Å². The fraction of sp³-hybridized carbons (Fsp3) is 0.353. The Morgan fingerprint density at radius 2 is 1.88 bits per heavy atom. The molecule has 1 N–H and O–H groups in total. The standard InChI is InChI=1S/C17H20N2O4S/c1-17(2,3)23-16(21)19-10-13-9-18-14(24-13)11-5-7-12(8-6-11)15(20)22-4/h5-9H,10H2,1-4H3,(H,19,21). The maximum atomic E-state index is 11.6. The molecule has 0 unspecified atom stereocenters. The topological polar surface area (TPSA) is 77.5 Å². The zero-order valence-electron chi connectivity index (χ0n) is 14.1. The zero-order chi connectivity index (χ0) is 17.7. The second-order valence-corrected chi connectivity index (χ2v) is 7.17. The maximum absolute atomic E-state index is 11.6. The second-order valence-electron chi connectivity index (χ2n) is 6.06. The molecule has 1 amide bonds. The Kier molecular flexibility index (Phi) is 5.56. The van der Waals surface area contributed by atoms with Gasteiger partial charge in [-0.2, -0.15) is 0 Å². The summed E-state index contributed by atoms with van der Waals surface area (Å²) in [7, 11) is 1.35. The van der Waals surface area contributed by atoms with Crippen LogP contribution < -0.4 is 5.32 Å². The number of carbonyl (C=O) groups excluding carboxylic acids is 2. The molecule has 2 rings (SSSR count). The van der Waals surface area contributed by atoms with Crippen molar-refractivity contribution in [1.29, 1.82) is 0 Å². The molecule has 128 valence electrons. The summed E-state index contributed by atoms with van der Waals surface area (Å²) in [6.07, 6.45) is 1.26. The van der Waals surface area contributed by atoms with Crippen molar-refractivity contribution in [2.75, 3.05) is 7.11 Å². The number of rotatable bonds is 4. The highest BCUT2D eigenvalue weighted by molar-refractivity contribution is 7.15. The normalized spacial score (nSPS) is 11.0. The molecule has 2 aromatic rings. The van der Waals surface area contributed by atoms with Crippen molar-refractivity contribution in [1.82, 2.24) is 10.3 Å². The first-order valence-electron chi connectivity index (χ1n) is 7.39. The third kappa shape index (κ3) is 5.06. The molecule has 0 aliphatic heterocycles. The molecule has 1 heterocycles. The largest absolute Gasteiger partial charge is 0.465 e. The molecular formula is C17H20N2O4S. The maximum Gasteiger partial charge on any atom is 0.407 e. The van der Waals surface area contributed by atoms with E-state index in [2.05, 4.69) is 15.0 Å². The second kappa shape index (κ2) is 7.44. The molecule has 0 bridgehead atoms. The smallest absolute Gasteiger partial charge is 0.407 e. The van der Waals surface area contributed by atoms with Crippen molar-refractivity contribution in [2.24, 2.45) is 0 Å². The van der Waals surface area contributed by atoms with Crippen molar-refractivity contribution < 1.29 is 19.1 Å². The van der Waals surface area contributed by atoms with Crippen molar-refractivity contribution in [3.63, 3.8) is 0 Å². The number of methoxy groups -OCH3 is 1. The average Bonchev–Trinajstić information content (AvgIpc) is 2.99. The number of alkyl carbamates (subject to hydrolysis) is 1. The lowest BCUT2D eigenvalue weighted by atomic mass is 10.1. The summed E-state index contributed by atoms with van der Waals surface area (Å²) in [5, 5.41) is 3.51. The fourth-order valence-corrected chi connectivity index (χ4v) is 2.72. The highest BCUT2D eigenvalue weighted by atomic mass is 32.1. The number of esters is 1. The summed E-state index contributed by atoms with van der Waals surface area (Å²) >= 11 is 1.47. The van der Waals surface area contributed by atoms with Gasteiger partial charge in [-0.3, -0.25) is 0 Å². The number of nitrogens with zero attached hydrogens (tertiary/aromatic N) is 1. The zero-order valence-corrected chi connectivity index (χ0v) is 14.9. The molecule has 0 fully saturated rings.